The number of nitrogens with zero attached hydrogens (tertiary/aromatic N) is 5. The van der Waals surface area contributed by atoms with Crippen LogP contribution in [0.2, 0.25) is 5.02 Å². The predicted octanol–water partition coefficient (Wildman–Crippen LogP) is 5.02. The minimum atomic E-state index is -4.38. The summed E-state index contributed by atoms with van der Waals surface area (Å²) in [4.78, 5) is 12.7. The Morgan fingerprint density at radius 3 is 2.43 bits per heavy atom. The Hall–Kier alpha value is -2.91. The van der Waals surface area contributed by atoms with Gasteiger partial charge in [0.15, 0.2) is 5.82 Å². The van der Waals surface area contributed by atoms with Crippen LogP contribution >= 0.6 is 24.0 Å². The molecule has 3 heterocycles. The van der Waals surface area contributed by atoms with Gasteiger partial charge < -0.3 is 5.32 Å². The minimum absolute atomic E-state index is 0. The smallest absolute Gasteiger partial charge is 0.339 e. The third-order valence-corrected chi connectivity index (χ3v) is 4.03. The monoisotopic (exact) mass is 426 g/mol. The summed E-state index contributed by atoms with van der Waals surface area (Å²) < 4.78 is 39.4. The summed E-state index contributed by atoms with van der Waals surface area (Å²) in [5, 5.41) is 7.66. The van der Waals surface area contributed by atoms with E-state index < -0.39 is 11.7 Å². The minimum Gasteiger partial charge on any atom is -0.339 e. The molecule has 0 radical (unpaired) electrons. The van der Waals surface area contributed by atoms with Gasteiger partial charge in [-0.2, -0.15) is 22.8 Å². The molecular weight excluding hydrogens is 416 g/mol. The molecule has 0 atom stereocenters. The van der Waals surface area contributed by atoms with E-state index in [2.05, 4.69) is 25.4 Å². The van der Waals surface area contributed by atoms with Crippen molar-refractivity contribution in [1.29, 1.82) is 0 Å². The fourth-order valence-electron chi connectivity index (χ4n) is 2.44. The number of hydrogen-bond acceptors (Lipinski definition) is 5. The molecule has 0 aliphatic carbocycles. The molecule has 28 heavy (non-hydrogen) atoms. The highest BCUT2D eigenvalue weighted by molar-refractivity contribution is 6.32. The van der Waals surface area contributed by atoms with E-state index in [1.54, 1.807) is 18.3 Å². The molecule has 4 rings (SSSR count). The van der Waals surface area contributed by atoms with E-state index >= 15 is 0 Å². The second-order valence-electron chi connectivity index (χ2n) is 5.53. The van der Waals surface area contributed by atoms with Gasteiger partial charge in [-0.1, -0.05) is 11.6 Å². The summed E-state index contributed by atoms with van der Waals surface area (Å²) in [6.45, 7) is 0. The molecule has 11 heteroatoms. The zero-order valence-corrected chi connectivity index (χ0v) is 15.4. The van der Waals surface area contributed by atoms with Crippen LogP contribution in [0.25, 0.3) is 17.2 Å². The van der Waals surface area contributed by atoms with Crippen molar-refractivity contribution >= 4 is 41.3 Å². The van der Waals surface area contributed by atoms with E-state index in [1.807, 2.05) is 0 Å². The van der Waals surface area contributed by atoms with Gasteiger partial charge in [0.25, 0.3) is 5.78 Å². The number of nitrogens with one attached hydrogen (secondary N) is 1. The molecule has 0 saturated heterocycles. The van der Waals surface area contributed by atoms with Gasteiger partial charge >= 0.3 is 6.18 Å². The largest absolute Gasteiger partial charge is 0.416 e. The van der Waals surface area contributed by atoms with Crippen molar-refractivity contribution in [2.75, 3.05) is 5.32 Å². The lowest BCUT2D eigenvalue weighted by Crippen LogP contribution is -2.05. The van der Waals surface area contributed by atoms with Crippen LogP contribution in [0, 0.1) is 0 Å². The van der Waals surface area contributed by atoms with Crippen LogP contribution in [0.5, 0.6) is 0 Å². The van der Waals surface area contributed by atoms with Crippen LogP contribution in [-0.4, -0.2) is 24.6 Å². The second-order valence-corrected chi connectivity index (χ2v) is 5.94. The van der Waals surface area contributed by atoms with Gasteiger partial charge in [0.2, 0.25) is 0 Å². The highest BCUT2D eigenvalue weighted by Gasteiger charge is 2.29. The Balaban J connectivity index is 0.00000225. The lowest BCUT2D eigenvalue weighted by Gasteiger charge is -2.09. The molecule has 0 unspecified atom stereocenters. The average molecular weight is 427 g/mol. The van der Waals surface area contributed by atoms with Crippen molar-refractivity contribution in [2.24, 2.45) is 0 Å². The first-order valence-electron chi connectivity index (χ1n) is 7.68. The van der Waals surface area contributed by atoms with E-state index in [1.165, 1.54) is 29.0 Å². The van der Waals surface area contributed by atoms with Crippen LogP contribution in [-0.2, 0) is 6.18 Å². The number of alkyl halides is 3. The Kier molecular flexibility index (Phi) is 5.39. The summed E-state index contributed by atoms with van der Waals surface area (Å²) in [6, 6.07) is 8.06. The molecular formula is C17H11Cl2F3N6. The second kappa shape index (κ2) is 7.61. The molecule has 0 amide bonds. The van der Waals surface area contributed by atoms with E-state index in [4.69, 9.17) is 11.6 Å². The summed E-state index contributed by atoms with van der Waals surface area (Å²) >= 11 is 6.12. The number of pyridine rings is 1. The summed E-state index contributed by atoms with van der Waals surface area (Å²) in [5.74, 6) is 0.750. The number of hydrogen-bond donors (Lipinski definition) is 1. The number of aromatic nitrogens is 5. The van der Waals surface area contributed by atoms with Crippen LogP contribution in [0.1, 0.15) is 5.56 Å². The van der Waals surface area contributed by atoms with Gasteiger partial charge in [0.1, 0.15) is 11.4 Å². The average Bonchev–Trinajstić information content (AvgIpc) is 3.04. The zero-order valence-electron chi connectivity index (χ0n) is 13.9. The number of fused-ring (bicyclic) bond motifs is 1. The third-order valence-electron chi connectivity index (χ3n) is 3.72. The summed E-state index contributed by atoms with van der Waals surface area (Å²) in [5.41, 5.74) is 0.681. The topological polar surface area (TPSA) is 68.0 Å². The maximum atomic E-state index is 12.6. The van der Waals surface area contributed by atoms with E-state index in [0.29, 0.717) is 33.7 Å². The van der Waals surface area contributed by atoms with Gasteiger partial charge in [-0.25, -0.2) is 9.97 Å². The SMILES string of the molecule is Cl.FC(F)(F)c1ccc(Nc2cnc3nc(-c4ncccc4Cl)cnn23)cc1. The fourth-order valence-corrected chi connectivity index (χ4v) is 2.66. The van der Waals surface area contributed by atoms with Crippen molar-refractivity contribution < 1.29 is 13.2 Å². The van der Waals surface area contributed by atoms with E-state index in [0.717, 1.165) is 12.1 Å². The lowest BCUT2D eigenvalue weighted by atomic mass is 10.2. The highest BCUT2D eigenvalue weighted by Crippen LogP contribution is 2.30. The Morgan fingerprint density at radius 2 is 1.75 bits per heavy atom. The Morgan fingerprint density at radius 1 is 1.00 bits per heavy atom. The Labute approximate surface area is 167 Å². The van der Waals surface area contributed by atoms with Crippen LogP contribution in [0.15, 0.2) is 55.0 Å². The number of rotatable bonds is 3. The standard InChI is InChI=1S/C17H10ClF3N6.ClH/c18-12-2-1-7-22-15(12)13-8-24-27-14(9-23-16(27)26-13)25-11-5-3-10(4-6-11)17(19,20)21;/h1-9,25H;1H. The third kappa shape index (κ3) is 3.85. The van der Waals surface area contributed by atoms with Crippen LogP contribution < -0.4 is 5.32 Å². The van der Waals surface area contributed by atoms with Crippen molar-refractivity contribution in [2.45, 2.75) is 6.18 Å². The van der Waals surface area contributed by atoms with Crippen molar-refractivity contribution in [3.05, 3.63) is 65.6 Å². The predicted molar refractivity (Wildman–Crippen MR) is 101 cm³/mol. The van der Waals surface area contributed by atoms with E-state index in [-0.39, 0.29) is 12.4 Å². The first-order valence-corrected chi connectivity index (χ1v) is 8.05. The molecule has 4 aromatic rings. The molecule has 0 bridgehead atoms. The molecule has 1 N–H and O–H groups in total. The molecule has 6 nitrogen and oxygen atoms in total. The molecule has 0 spiro atoms. The van der Waals surface area contributed by atoms with Gasteiger partial charge in [0, 0.05) is 11.9 Å². The number of benzene rings is 1. The normalized spacial score (nSPS) is 11.3. The first-order chi connectivity index (χ1) is 12.9. The molecule has 0 aliphatic rings. The van der Waals surface area contributed by atoms with Crippen LogP contribution in [0.3, 0.4) is 0 Å². The van der Waals surface area contributed by atoms with Crippen LogP contribution in [0.4, 0.5) is 24.7 Å². The van der Waals surface area contributed by atoms with Crippen molar-refractivity contribution in [1.82, 2.24) is 24.6 Å². The molecule has 0 saturated carbocycles. The molecule has 1 aromatic carbocycles. The maximum absolute atomic E-state index is 12.6. The highest BCUT2D eigenvalue weighted by atomic mass is 35.5. The maximum Gasteiger partial charge on any atom is 0.416 e. The summed E-state index contributed by atoms with van der Waals surface area (Å²) in [7, 11) is 0. The quantitative estimate of drug-likeness (QED) is 0.497. The van der Waals surface area contributed by atoms with Crippen molar-refractivity contribution in [3.63, 3.8) is 0 Å². The molecule has 144 valence electrons. The number of anilines is 2. The number of imidazole rings is 1. The fraction of sp³-hybridized carbons (Fsp3) is 0.0588. The Bertz CT molecular complexity index is 1110. The molecule has 0 fully saturated rings. The van der Waals surface area contributed by atoms with Gasteiger partial charge in [-0.15, -0.1) is 12.4 Å². The molecule has 3 aromatic heterocycles. The summed E-state index contributed by atoms with van der Waals surface area (Å²) in [6.07, 6.45) is 0.185. The van der Waals surface area contributed by atoms with Gasteiger partial charge in [-0.3, -0.25) is 4.98 Å². The zero-order chi connectivity index (χ0) is 19.0. The van der Waals surface area contributed by atoms with E-state index in [9.17, 15) is 13.2 Å². The first kappa shape index (κ1) is 19.8. The van der Waals surface area contributed by atoms with Gasteiger partial charge in [-0.05, 0) is 36.4 Å². The number of halogens is 5. The van der Waals surface area contributed by atoms with Gasteiger partial charge in [0.05, 0.1) is 23.0 Å². The lowest BCUT2D eigenvalue weighted by molar-refractivity contribution is -0.137. The van der Waals surface area contributed by atoms with Crippen molar-refractivity contribution in [3.8, 4) is 11.4 Å². The molecule has 0 aliphatic heterocycles.